The van der Waals surface area contributed by atoms with Gasteiger partial charge in [-0.05, 0) is 38.9 Å². The minimum absolute atomic E-state index is 0.0866. The topological polar surface area (TPSA) is 29.1 Å². The Kier molecular flexibility index (Phi) is 5.71. The van der Waals surface area contributed by atoms with Crippen LogP contribution < -0.4 is 5.32 Å². The summed E-state index contributed by atoms with van der Waals surface area (Å²) >= 11 is 0. The normalized spacial score (nSPS) is 14.6. The van der Waals surface area contributed by atoms with Gasteiger partial charge >= 0.3 is 0 Å². The Labute approximate surface area is 103 Å². The first-order valence-corrected chi connectivity index (χ1v) is 6.87. The van der Waals surface area contributed by atoms with E-state index in [-0.39, 0.29) is 4.90 Å². The van der Waals surface area contributed by atoms with E-state index in [1.807, 2.05) is 14.0 Å². The van der Waals surface area contributed by atoms with Crippen LogP contribution in [0.4, 0.5) is 8.78 Å². The number of nitrogens with one attached hydrogen (secondary N) is 1. The molecule has 0 amide bonds. The minimum Gasteiger partial charge on any atom is -0.317 e. The molecular weight excluding hydrogens is 244 g/mol. The fourth-order valence-corrected chi connectivity index (χ4v) is 2.58. The quantitative estimate of drug-likeness (QED) is 0.852. The average Bonchev–Trinajstić information content (AvgIpc) is 2.28. The first kappa shape index (κ1) is 14.3. The van der Waals surface area contributed by atoms with Gasteiger partial charge in [0.05, 0.1) is 15.7 Å². The van der Waals surface area contributed by atoms with Gasteiger partial charge in [0.1, 0.15) is 11.6 Å². The van der Waals surface area contributed by atoms with Crippen molar-refractivity contribution in [1.82, 2.24) is 5.32 Å². The van der Waals surface area contributed by atoms with Crippen molar-refractivity contribution in [3.05, 3.63) is 29.8 Å². The van der Waals surface area contributed by atoms with Crippen LogP contribution in [0.25, 0.3) is 0 Å². The van der Waals surface area contributed by atoms with Crippen LogP contribution in [0.2, 0.25) is 0 Å². The molecule has 1 rings (SSSR count). The van der Waals surface area contributed by atoms with E-state index in [0.717, 1.165) is 25.0 Å². The smallest absolute Gasteiger partial charge is 0.142 e. The zero-order valence-corrected chi connectivity index (χ0v) is 10.8. The second kappa shape index (κ2) is 6.81. The van der Waals surface area contributed by atoms with Crippen molar-refractivity contribution in [3.63, 3.8) is 0 Å². The van der Waals surface area contributed by atoms with Crippen molar-refractivity contribution in [3.8, 4) is 0 Å². The molecule has 2 unspecified atom stereocenters. The molecule has 2 nitrogen and oxygen atoms in total. The third-order valence-electron chi connectivity index (χ3n) is 2.60. The molecule has 2 atom stereocenters. The molecule has 96 valence electrons. The number of halogens is 2. The van der Waals surface area contributed by atoms with Crippen molar-refractivity contribution >= 4 is 10.8 Å². The summed E-state index contributed by atoms with van der Waals surface area (Å²) in [6, 6.07) is 3.50. The molecule has 1 N–H and O–H groups in total. The van der Waals surface area contributed by atoms with E-state index in [9.17, 15) is 13.0 Å². The molecule has 0 fully saturated rings. The second-order valence-corrected chi connectivity index (χ2v) is 5.50. The Balaban J connectivity index is 2.52. The summed E-state index contributed by atoms with van der Waals surface area (Å²) in [5.74, 6) is -0.980. The van der Waals surface area contributed by atoms with Crippen LogP contribution in [0.1, 0.15) is 19.8 Å². The van der Waals surface area contributed by atoms with Gasteiger partial charge in [-0.3, -0.25) is 4.21 Å². The van der Waals surface area contributed by atoms with Crippen LogP contribution in [-0.4, -0.2) is 23.1 Å². The second-order valence-electron chi connectivity index (χ2n) is 3.96. The third-order valence-corrected chi connectivity index (χ3v) is 4.08. The molecule has 1 aromatic carbocycles. The molecule has 0 aliphatic carbocycles. The SMILES string of the molecule is CNC(C)CCCS(=O)c1ccc(F)cc1F. The molecule has 0 saturated heterocycles. The lowest BCUT2D eigenvalue weighted by molar-refractivity contribution is 0.553. The standard InChI is InChI=1S/C12H17F2NOS/c1-9(15-2)4-3-7-17(16)12-6-5-10(13)8-11(12)14/h5-6,8-9,15H,3-4,7H2,1-2H3. The third kappa shape index (κ3) is 4.52. The van der Waals surface area contributed by atoms with Crippen LogP contribution in [0.5, 0.6) is 0 Å². The van der Waals surface area contributed by atoms with E-state index in [2.05, 4.69) is 5.32 Å². The summed E-state index contributed by atoms with van der Waals surface area (Å²) in [6.45, 7) is 2.03. The molecule has 5 heteroatoms. The van der Waals surface area contributed by atoms with Crippen LogP contribution >= 0.6 is 0 Å². The molecule has 1 aromatic rings. The molecule has 0 aliphatic heterocycles. The zero-order valence-electron chi connectivity index (χ0n) is 10.0. The van der Waals surface area contributed by atoms with Gasteiger partial charge in [-0.15, -0.1) is 0 Å². The van der Waals surface area contributed by atoms with Crippen molar-refractivity contribution in [2.75, 3.05) is 12.8 Å². The van der Waals surface area contributed by atoms with Crippen molar-refractivity contribution < 1.29 is 13.0 Å². The molecule has 0 heterocycles. The molecule has 17 heavy (non-hydrogen) atoms. The Morgan fingerprint density at radius 1 is 1.41 bits per heavy atom. The van der Waals surface area contributed by atoms with Gasteiger partial charge in [-0.2, -0.15) is 0 Å². The lowest BCUT2D eigenvalue weighted by atomic mass is 10.2. The van der Waals surface area contributed by atoms with Crippen LogP contribution in [0.3, 0.4) is 0 Å². The van der Waals surface area contributed by atoms with Gasteiger partial charge in [-0.1, -0.05) is 0 Å². The van der Waals surface area contributed by atoms with E-state index in [0.29, 0.717) is 11.8 Å². The minimum atomic E-state index is -1.39. The largest absolute Gasteiger partial charge is 0.317 e. The summed E-state index contributed by atoms with van der Waals surface area (Å²) in [4.78, 5) is 0.0866. The van der Waals surface area contributed by atoms with E-state index in [1.54, 1.807) is 0 Å². The highest BCUT2D eigenvalue weighted by Gasteiger charge is 2.11. The van der Waals surface area contributed by atoms with E-state index >= 15 is 0 Å². The summed E-state index contributed by atoms with van der Waals surface area (Å²) in [7, 11) is 0.471. The Morgan fingerprint density at radius 2 is 2.12 bits per heavy atom. The van der Waals surface area contributed by atoms with Gasteiger partial charge in [-0.25, -0.2) is 8.78 Å². The van der Waals surface area contributed by atoms with Crippen LogP contribution in [-0.2, 0) is 10.8 Å². The van der Waals surface area contributed by atoms with Crippen molar-refractivity contribution in [2.45, 2.75) is 30.7 Å². The highest BCUT2D eigenvalue weighted by Crippen LogP contribution is 2.15. The zero-order chi connectivity index (χ0) is 12.8. The monoisotopic (exact) mass is 261 g/mol. The number of hydrogen-bond acceptors (Lipinski definition) is 2. The van der Waals surface area contributed by atoms with Gasteiger partial charge in [0.2, 0.25) is 0 Å². The summed E-state index contributed by atoms with van der Waals surface area (Å²) in [5.41, 5.74) is 0. The van der Waals surface area contributed by atoms with Gasteiger partial charge in [0.15, 0.2) is 0 Å². The average molecular weight is 261 g/mol. The fourth-order valence-electron chi connectivity index (χ4n) is 1.43. The van der Waals surface area contributed by atoms with E-state index in [1.165, 1.54) is 6.07 Å². The van der Waals surface area contributed by atoms with E-state index < -0.39 is 22.4 Å². The lowest BCUT2D eigenvalue weighted by Gasteiger charge is -2.09. The Bertz CT molecular complexity index is 398. The van der Waals surface area contributed by atoms with Crippen LogP contribution in [0.15, 0.2) is 23.1 Å². The Morgan fingerprint density at radius 3 is 2.71 bits per heavy atom. The van der Waals surface area contributed by atoms with Crippen molar-refractivity contribution in [1.29, 1.82) is 0 Å². The molecule has 0 radical (unpaired) electrons. The predicted molar refractivity (Wildman–Crippen MR) is 65.4 cm³/mol. The highest BCUT2D eigenvalue weighted by atomic mass is 32.2. The first-order valence-electron chi connectivity index (χ1n) is 5.55. The molecular formula is C12H17F2NOS. The molecule has 0 saturated carbocycles. The summed E-state index contributed by atoms with van der Waals surface area (Å²) in [5, 5.41) is 3.07. The highest BCUT2D eigenvalue weighted by molar-refractivity contribution is 7.85. The van der Waals surface area contributed by atoms with E-state index in [4.69, 9.17) is 0 Å². The number of benzene rings is 1. The summed E-state index contributed by atoms with van der Waals surface area (Å²) in [6.07, 6.45) is 1.62. The van der Waals surface area contributed by atoms with Gasteiger partial charge in [0, 0.05) is 17.9 Å². The predicted octanol–water partition coefficient (Wildman–Crippen LogP) is 2.46. The van der Waals surface area contributed by atoms with Gasteiger partial charge < -0.3 is 5.32 Å². The summed E-state index contributed by atoms with van der Waals surface area (Å²) < 4.78 is 37.7. The number of rotatable bonds is 6. The maximum atomic E-state index is 13.3. The van der Waals surface area contributed by atoms with Gasteiger partial charge in [0.25, 0.3) is 0 Å². The molecule has 0 aromatic heterocycles. The molecule has 0 aliphatic rings. The van der Waals surface area contributed by atoms with Crippen LogP contribution in [0, 0.1) is 11.6 Å². The first-order chi connectivity index (χ1) is 8.04. The fraction of sp³-hybridized carbons (Fsp3) is 0.500. The molecule has 0 bridgehead atoms. The Hall–Kier alpha value is -0.810. The molecule has 0 spiro atoms. The van der Waals surface area contributed by atoms with Crippen molar-refractivity contribution in [2.24, 2.45) is 0 Å². The maximum Gasteiger partial charge on any atom is 0.142 e. The number of hydrogen-bond donors (Lipinski definition) is 1. The lowest BCUT2D eigenvalue weighted by Crippen LogP contribution is -2.21. The maximum absolute atomic E-state index is 13.3.